The fourth-order valence-corrected chi connectivity index (χ4v) is 0.875. The molecule has 0 aliphatic heterocycles. The van der Waals surface area contributed by atoms with E-state index in [4.69, 9.17) is 0 Å². The molecule has 0 aliphatic carbocycles. The van der Waals surface area contributed by atoms with Gasteiger partial charge in [-0.1, -0.05) is 6.92 Å². The molecule has 11 heavy (non-hydrogen) atoms. The van der Waals surface area contributed by atoms with E-state index in [1.54, 1.807) is 0 Å². The predicted molar refractivity (Wildman–Crippen MR) is 38.0 cm³/mol. The smallest absolute Gasteiger partial charge is 0.152 e. The Kier molecular flexibility index (Phi) is 1.28. The van der Waals surface area contributed by atoms with Gasteiger partial charge in [-0.2, -0.15) is 5.10 Å². The van der Waals surface area contributed by atoms with Gasteiger partial charge in [-0.3, -0.25) is 0 Å². The molecule has 2 rings (SSSR count). The molecule has 2 heterocycles. The molecule has 0 radical (unpaired) electrons. The molecule has 0 spiro atoms. The van der Waals surface area contributed by atoms with E-state index in [-0.39, 0.29) is 0 Å². The first-order valence-electron chi connectivity index (χ1n) is 3.44. The Morgan fingerprint density at radius 2 is 2.36 bits per heavy atom. The summed E-state index contributed by atoms with van der Waals surface area (Å²) in [6.07, 6.45) is 0.899. The highest BCUT2D eigenvalue weighted by atomic mass is 15.6. The molecule has 0 aliphatic rings. The molecule has 0 N–H and O–H groups in total. The lowest BCUT2D eigenvalue weighted by atomic mass is 10.3. The van der Waals surface area contributed by atoms with Gasteiger partial charge in [-0.15, -0.1) is 9.73 Å². The van der Waals surface area contributed by atoms with Crippen molar-refractivity contribution in [2.45, 2.75) is 13.3 Å². The monoisotopic (exact) mass is 149 g/mol. The summed E-state index contributed by atoms with van der Waals surface area (Å²) < 4.78 is 1.43. The molecule has 0 bridgehead atoms. The normalized spacial score (nSPS) is 10.6. The van der Waals surface area contributed by atoms with Gasteiger partial charge >= 0.3 is 0 Å². The molecule has 5 heteroatoms. The summed E-state index contributed by atoms with van der Waals surface area (Å²) in [6, 6.07) is 3.78. The van der Waals surface area contributed by atoms with Crippen LogP contribution >= 0.6 is 0 Å². The molecular weight excluding hydrogens is 142 g/mol. The zero-order chi connectivity index (χ0) is 7.68. The van der Waals surface area contributed by atoms with Crippen molar-refractivity contribution in [1.82, 2.24) is 25.3 Å². The minimum absolute atomic E-state index is 0.683. The second kappa shape index (κ2) is 2.26. The van der Waals surface area contributed by atoms with Crippen molar-refractivity contribution < 1.29 is 0 Å². The maximum atomic E-state index is 4.13. The van der Waals surface area contributed by atoms with Crippen LogP contribution in [-0.4, -0.2) is 25.3 Å². The van der Waals surface area contributed by atoms with Crippen molar-refractivity contribution in [3.05, 3.63) is 17.8 Å². The largest absolute Gasteiger partial charge is 0.199 e. The summed E-state index contributed by atoms with van der Waals surface area (Å²) in [5, 5.41) is 15.0. The van der Waals surface area contributed by atoms with E-state index in [2.05, 4.69) is 20.6 Å². The number of aryl methyl sites for hydroxylation is 1. The van der Waals surface area contributed by atoms with Crippen LogP contribution in [0.15, 0.2) is 12.1 Å². The van der Waals surface area contributed by atoms with Crippen molar-refractivity contribution >= 4 is 5.65 Å². The van der Waals surface area contributed by atoms with Crippen LogP contribution < -0.4 is 0 Å². The summed E-state index contributed by atoms with van der Waals surface area (Å²) in [5.74, 6) is 0. The molecule has 0 aromatic carbocycles. The lowest BCUT2D eigenvalue weighted by Crippen LogP contribution is -1.97. The van der Waals surface area contributed by atoms with E-state index >= 15 is 0 Å². The second-order valence-electron chi connectivity index (χ2n) is 2.20. The molecule has 56 valence electrons. The van der Waals surface area contributed by atoms with E-state index in [0.717, 1.165) is 12.1 Å². The third kappa shape index (κ3) is 0.938. The Morgan fingerprint density at radius 3 is 3.18 bits per heavy atom. The van der Waals surface area contributed by atoms with Gasteiger partial charge in [0.05, 0.1) is 5.69 Å². The number of hydrogen-bond donors (Lipinski definition) is 0. The summed E-state index contributed by atoms with van der Waals surface area (Å²) in [6.45, 7) is 2.04. The molecule has 5 nitrogen and oxygen atoms in total. The minimum atomic E-state index is 0.683. The molecule has 2 aromatic heterocycles. The standard InChI is InChI=1S/C6H7N5/c1-2-5-3-4-6-7-9-10-11(6)8-5/h3-4H,2H2,1H3. The third-order valence-electron chi connectivity index (χ3n) is 1.49. The quantitative estimate of drug-likeness (QED) is 0.576. The first kappa shape index (κ1) is 6.21. The zero-order valence-electron chi connectivity index (χ0n) is 6.10. The van der Waals surface area contributed by atoms with Crippen molar-refractivity contribution in [2.75, 3.05) is 0 Å². The number of hydrogen-bond acceptors (Lipinski definition) is 4. The molecule has 0 unspecified atom stereocenters. The van der Waals surface area contributed by atoms with Crippen LogP contribution in [0.5, 0.6) is 0 Å². The van der Waals surface area contributed by atoms with E-state index in [1.165, 1.54) is 4.63 Å². The van der Waals surface area contributed by atoms with Crippen molar-refractivity contribution in [3.8, 4) is 0 Å². The number of fused-ring (bicyclic) bond motifs is 1. The summed E-state index contributed by atoms with van der Waals surface area (Å²) in [4.78, 5) is 0. The molecule has 2 aromatic rings. The highest BCUT2D eigenvalue weighted by Crippen LogP contribution is 1.97. The number of aromatic nitrogens is 5. The molecule has 0 fully saturated rings. The van der Waals surface area contributed by atoms with Crippen molar-refractivity contribution in [1.29, 1.82) is 0 Å². The lowest BCUT2D eigenvalue weighted by Gasteiger charge is -1.92. The highest BCUT2D eigenvalue weighted by molar-refractivity contribution is 5.32. The Labute approximate surface area is 63.0 Å². The fraction of sp³-hybridized carbons (Fsp3) is 0.333. The topological polar surface area (TPSA) is 56.0 Å². The van der Waals surface area contributed by atoms with Gasteiger partial charge < -0.3 is 0 Å². The van der Waals surface area contributed by atoms with Crippen LogP contribution in [0.3, 0.4) is 0 Å². The van der Waals surface area contributed by atoms with Gasteiger partial charge in [0.15, 0.2) is 5.65 Å². The summed E-state index contributed by atoms with van der Waals surface area (Å²) in [7, 11) is 0. The average molecular weight is 149 g/mol. The van der Waals surface area contributed by atoms with Gasteiger partial charge in [-0.25, -0.2) is 0 Å². The van der Waals surface area contributed by atoms with Crippen LogP contribution in [0.1, 0.15) is 12.6 Å². The molecule has 0 saturated carbocycles. The first-order chi connectivity index (χ1) is 5.40. The second-order valence-corrected chi connectivity index (χ2v) is 2.20. The van der Waals surface area contributed by atoms with E-state index in [9.17, 15) is 0 Å². The van der Waals surface area contributed by atoms with Gasteiger partial charge in [0.2, 0.25) is 0 Å². The van der Waals surface area contributed by atoms with Gasteiger partial charge in [0, 0.05) is 0 Å². The average Bonchev–Trinajstić information content (AvgIpc) is 2.50. The Hall–Kier alpha value is -1.52. The Morgan fingerprint density at radius 1 is 1.45 bits per heavy atom. The number of tetrazole rings is 1. The fourth-order valence-electron chi connectivity index (χ4n) is 0.875. The van der Waals surface area contributed by atoms with Gasteiger partial charge in [0.1, 0.15) is 0 Å². The van der Waals surface area contributed by atoms with Crippen LogP contribution in [0.4, 0.5) is 0 Å². The van der Waals surface area contributed by atoms with Crippen LogP contribution in [0, 0.1) is 0 Å². The first-order valence-corrected chi connectivity index (χ1v) is 3.44. The minimum Gasteiger partial charge on any atom is -0.152 e. The van der Waals surface area contributed by atoms with Crippen molar-refractivity contribution in [2.24, 2.45) is 0 Å². The van der Waals surface area contributed by atoms with E-state index < -0.39 is 0 Å². The van der Waals surface area contributed by atoms with E-state index in [1.807, 2.05) is 19.1 Å². The SMILES string of the molecule is CCc1ccc2nnnn2n1. The van der Waals surface area contributed by atoms with Crippen LogP contribution in [0.25, 0.3) is 5.65 Å². The predicted octanol–water partition coefficient (Wildman–Crippen LogP) is 0.0817. The molecular formula is C6H7N5. The van der Waals surface area contributed by atoms with Gasteiger partial charge in [0.25, 0.3) is 0 Å². The molecule has 0 atom stereocenters. The Bertz CT molecular complexity index is 366. The molecule has 0 amide bonds. The summed E-state index contributed by atoms with van der Waals surface area (Å²) in [5.41, 5.74) is 1.67. The maximum absolute atomic E-state index is 4.13. The van der Waals surface area contributed by atoms with E-state index in [0.29, 0.717) is 5.65 Å². The van der Waals surface area contributed by atoms with Crippen molar-refractivity contribution in [3.63, 3.8) is 0 Å². The molecule has 0 saturated heterocycles. The van der Waals surface area contributed by atoms with Gasteiger partial charge in [-0.05, 0) is 29.0 Å². The Balaban J connectivity index is 2.67. The number of rotatable bonds is 1. The van der Waals surface area contributed by atoms with Crippen LogP contribution in [-0.2, 0) is 6.42 Å². The summed E-state index contributed by atoms with van der Waals surface area (Å²) >= 11 is 0. The zero-order valence-corrected chi connectivity index (χ0v) is 6.10. The highest BCUT2D eigenvalue weighted by Gasteiger charge is 1.97. The lowest BCUT2D eigenvalue weighted by molar-refractivity contribution is 0.712. The van der Waals surface area contributed by atoms with Crippen LogP contribution in [0.2, 0.25) is 0 Å². The third-order valence-corrected chi connectivity index (χ3v) is 1.49. The number of nitrogens with zero attached hydrogens (tertiary/aromatic N) is 5. The maximum Gasteiger partial charge on any atom is 0.199 e.